The van der Waals surface area contributed by atoms with Gasteiger partial charge in [-0.25, -0.2) is 4.99 Å². The van der Waals surface area contributed by atoms with Crippen molar-refractivity contribution < 1.29 is 14.6 Å². The second kappa shape index (κ2) is 7.33. The monoisotopic (exact) mass is 373 g/mol. The number of aliphatic imine (C=N–C) groups is 1. The number of carbonyl (C=O) groups excluding carboxylic acids is 1. The molecule has 1 aliphatic heterocycles. The Bertz CT molecular complexity index is 888. The number of aromatic hydroxyl groups is 1. The van der Waals surface area contributed by atoms with Crippen LogP contribution in [0.25, 0.3) is 6.08 Å². The first kappa shape index (κ1) is 17.6. The lowest BCUT2D eigenvalue weighted by Crippen LogP contribution is -1.93. The van der Waals surface area contributed by atoms with Crippen LogP contribution in [0, 0.1) is 6.92 Å². The van der Waals surface area contributed by atoms with Gasteiger partial charge in [0.25, 0.3) is 5.91 Å². The molecule has 2 aromatic carbocycles. The van der Waals surface area contributed by atoms with Gasteiger partial charge in [0.15, 0.2) is 11.5 Å². The number of carbonyl (C=O) groups is 1. The molecule has 0 saturated heterocycles. The molecule has 3 rings (SSSR count). The number of aryl methyl sites for hydroxylation is 1. The van der Waals surface area contributed by atoms with Crippen LogP contribution in [0.3, 0.4) is 0 Å². The molecule has 25 heavy (non-hydrogen) atoms. The summed E-state index contributed by atoms with van der Waals surface area (Å²) >= 11 is 7.35. The molecule has 1 heterocycles. The Hall–Kier alpha value is -2.24. The predicted molar refractivity (Wildman–Crippen MR) is 103 cm³/mol. The zero-order chi connectivity index (χ0) is 18.0. The van der Waals surface area contributed by atoms with Crippen molar-refractivity contribution in [3.8, 4) is 11.5 Å². The highest BCUT2D eigenvalue weighted by atomic mass is 35.5. The fourth-order valence-corrected chi connectivity index (χ4v) is 3.46. The van der Waals surface area contributed by atoms with Crippen LogP contribution in [0.15, 0.2) is 46.3 Å². The van der Waals surface area contributed by atoms with Gasteiger partial charge in [0, 0.05) is 5.56 Å². The third-order valence-corrected chi connectivity index (χ3v) is 4.89. The number of hydrogen-bond donors (Lipinski definition) is 1. The van der Waals surface area contributed by atoms with Crippen molar-refractivity contribution in [3.05, 3.63) is 63.0 Å². The van der Waals surface area contributed by atoms with Crippen molar-refractivity contribution >= 4 is 40.4 Å². The summed E-state index contributed by atoms with van der Waals surface area (Å²) < 4.78 is 5.37. The Morgan fingerprint density at radius 3 is 2.68 bits per heavy atom. The molecule has 128 valence electrons. The molecule has 1 N–H and O–H groups in total. The largest absolute Gasteiger partial charge is 0.503 e. The van der Waals surface area contributed by atoms with Gasteiger partial charge in [-0.2, -0.15) is 0 Å². The van der Waals surface area contributed by atoms with E-state index in [2.05, 4.69) is 4.99 Å². The second-order valence-electron chi connectivity index (χ2n) is 5.48. The van der Waals surface area contributed by atoms with E-state index in [0.717, 1.165) is 11.1 Å². The highest BCUT2D eigenvalue weighted by Crippen LogP contribution is 2.38. The van der Waals surface area contributed by atoms with Gasteiger partial charge in [-0.05, 0) is 37.6 Å². The molecule has 0 aliphatic carbocycles. The Balaban J connectivity index is 1.88. The van der Waals surface area contributed by atoms with E-state index < -0.39 is 0 Å². The summed E-state index contributed by atoms with van der Waals surface area (Å²) in [6.45, 7) is 4.23. The van der Waals surface area contributed by atoms with E-state index in [-0.39, 0.29) is 22.4 Å². The van der Waals surface area contributed by atoms with Crippen LogP contribution >= 0.6 is 23.4 Å². The molecule has 2 aromatic rings. The average Bonchev–Trinajstić information content (AvgIpc) is 2.94. The molecule has 0 aromatic heterocycles. The smallest absolute Gasteiger partial charge is 0.284 e. The number of amides is 1. The van der Waals surface area contributed by atoms with Crippen LogP contribution in [-0.2, 0) is 4.79 Å². The molecule has 6 heteroatoms. The van der Waals surface area contributed by atoms with Gasteiger partial charge in [0.2, 0.25) is 0 Å². The normalized spacial score (nSPS) is 15.6. The third kappa shape index (κ3) is 3.89. The van der Waals surface area contributed by atoms with Gasteiger partial charge in [-0.15, -0.1) is 0 Å². The molecular weight excluding hydrogens is 358 g/mol. The molecular formula is C19H16ClNO3S. The molecule has 0 bridgehead atoms. The number of thioether (sulfide) groups is 1. The lowest BCUT2D eigenvalue weighted by atomic mass is 10.2. The molecule has 1 aliphatic rings. The summed E-state index contributed by atoms with van der Waals surface area (Å²) in [6.07, 6.45) is 1.70. The highest BCUT2D eigenvalue weighted by molar-refractivity contribution is 8.19. The minimum absolute atomic E-state index is 0.104. The van der Waals surface area contributed by atoms with Crippen LogP contribution in [0.1, 0.15) is 23.6 Å². The first-order valence-corrected chi connectivity index (χ1v) is 8.92. The molecule has 0 spiro atoms. The molecule has 1 amide bonds. The van der Waals surface area contributed by atoms with Gasteiger partial charge in [-0.3, -0.25) is 4.79 Å². The van der Waals surface area contributed by atoms with E-state index in [4.69, 9.17) is 16.3 Å². The topological polar surface area (TPSA) is 58.9 Å². The Morgan fingerprint density at radius 1 is 1.28 bits per heavy atom. The molecule has 0 fully saturated rings. The van der Waals surface area contributed by atoms with Crippen molar-refractivity contribution in [2.24, 2.45) is 4.99 Å². The van der Waals surface area contributed by atoms with Gasteiger partial charge in [-0.1, -0.05) is 53.2 Å². The standard InChI is InChI=1S/C19H16ClNO3S/c1-3-24-15-9-12(8-14(20)17(15)22)10-16-18(23)21-19(25-16)13-6-4-11(2)5-7-13/h4-10,22H,3H2,1-2H3/b16-10+. The predicted octanol–water partition coefficient (Wildman–Crippen LogP) is 4.81. The zero-order valence-corrected chi connectivity index (χ0v) is 15.3. The third-order valence-electron chi connectivity index (χ3n) is 3.57. The first-order valence-electron chi connectivity index (χ1n) is 7.73. The minimum atomic E-state index is -0.289. The van der Waals surface area contributed by atoms with E-state index in [9.17, 15) is 9.90 Å². The molecule has 0 unspecified atom stereocenters. The van der Waals surface area contributed by atoms with Gasteiger partial charge in [0.05, 0.1) is 16.5 Å². The van der Waals surface area contributed by atoms with Crippen molar-refractivity contribution in [2.75, 3.05) is 6.61 Å². The summed E-state index contributed by atoms with van der Waals surface area (Å²) in [4.78, 5) is 16.8. The number of halogens is 1. The van der Waals surface area contributed by atoms with Crippen molar-refractivity contribution in [1.82, 2.24) is 0 Å². The maximum absolute atomic E-state index is 12.2. The molecule has 4 nitrogen and oxygen atoms in total. The van der Waals surface area contributed by atoms with E-state index >= 15 is 0 Å². The Morgan fingerprint density at radius 2 is 2.00 bits per heavy atom. The molecule has 0 atom stereocenters. The number of phenols is 1. The average molecular weight is 374 g/mol. The Labute approximate surface area is 155 Å². The van der Waals surface area contributed by atoms with E-state index in [0.29, 0.717) is 22.1 Å². The van der Waals surface area contributed by atoms with E-state index in [1.807, 2.05) is 38.1 Å². The summed E-state index contributed by atoms with van der Waals surface area (Å²) in [6, 6.07) is 11.1. The van der Waals surface area contributed by atoms with E-state index in [1.54, 1.807) is 18.2 Å². The van der Waals surface area contributed by atoms with Gasteiger partial charge < -0.3 is 9.84 Å². The number of ether oxygens (including phenoxy) is 1. The number of nitrogens with zero attached hydrogens (tertiary/aromatic N) is 1. The van der Waals surface area contributed by atoms with Crippen LogP contribution in [0.4, 0.5) is 0 Å². The van der Waals surface area contributed by atoms with E-state index in [1.165, 1.54) is 11.8 Å². The van der Waals surface area contributed by atoms with Crippen LogP contribution in [0.5, 0.6) is 11.5 Å². The van der Waals surface area contributed by atoms with Gasteiger partial charge >= 0.3 is 0 Å². The lowest BCUT2D eigenvalue weighted by molar-refractivity contribution is -0.113. The molecule has 0 saturated carbocycles. The quantitative estimate of drug-likeness (QED) is 0.781. The highest BCUT2D eigenvalue weighted by Gasteiger charge is 2.23. The Kier molecular flexibility index (Phi) is 5.16. The summed E-state index contributed by atoms with van der Waals surface area (Å²) in [7, 11) is 0. The van der Waals surface area contributed by atoms with Crippen molar-refractivity contribution in [3.63, 3.8) is 0 Å². The summed E-state index contributed by atoms with van der Waals surface area (Å²) in [5.74, 6) is -0.104. The van der Waals surface area contributed by atoms with Crippen LogP contribution < -0.4 is 4.74 Å². The summed E-state index contributed by atoms with van der Waals surface area (Å²) in [5.41, 5.74) is 2.73. The maximum atomic E-state index is 12.2. The lowest BCUT2D eigenvalue weighted by Gasteiger charge is -2.08. The van der Waals surface area contributed by atoms with Crippen molar-refractivity contribution in [2.45, 2.75) is 13.8 Å². The first-order chi connectivity index (χ1) is 12.0. The van der Waals surface area contributed by atoms with Crippen LogP contribution in [-0.4, -0.2) is 22.7 Å². The fraction of sp³-hybridized carbons (Fsp3) is 0.158. The van der Waals surface area contributed by atoms with Crippen molar-refractivity contribution in [1.29, 1.82) is 0 Å². The zero-order valence-electron chi connectivity index (χ0n) is 13.7. The maximum Gasteiger partial charge on any atom is 0.284 e. The summed E-state index contributed by atoms with van der Waals surface area (Å²) in [5, 5.41) is 10.8. The fourth-order valence-electron chi connectivity index (χ4n) is 2.32. The second-order valence-corrected chi connectivity index (χ2v) is 6.92. The number of rotatable bonds is 4. The number of benzene rings is 2. The van der Waals surface area contributed by atoms with Gasteiger partial charge in [0.1, 0.15) is 5.04 Å². The minimum Gasteiger partial charge on any atom is -0.503 e. The SMILES string of the molecule is CCOc1cc(/C=C2/SC(c3ccc(C)cc3)=NC2=O)cc(Cl)c1O. The number of hydrogen-bond acceptors (Lipinski definition) is 4. The number of phenolic OH excluding ortho intramolecular Hbond substituents is 1. The molecule has 0 radical (unpaired) electrons. The van der Waals surface area contributed by atoms with Crippen LogP contribution in [0.2, 0.25) is 5.02 Å².